The van der Waals surface area contributed by atoms with Crippen molar-refractivity contribution in [1.29, 1.82) is 0 Å². The van der Waals surface area contributed by atoms with Crippen LogP contribution in [0.1, 0.15) is 6.42 Å². The molecule has 2 amide bonds. The first-order valence-corrected chi connectivity index (χ1v) is 6.60. The van der Waals surface area contributed by atoms with Crippen molar-refractivity contribution in [2.24, 2.45) is 0 Å². The Hall–Kier alpha value is -1.28. The summed E-state index contributed by atoms with van der Waals surface area (Å²) >= 11 is 1.07. The van der Waals surface area contributed by atoms with E-state index in [0.717, 1.165) is 11.8 Å². The molecule has 2 aliphatic heterocycles. The third kappa shape index (κ3) is 2.94. The summed E-state index contributed by atoms with van der Waals surface area (Å²) in [6.45, 7) is 0.995. The highest BCUT2D eigenvalue weighted by Gasteiger charge is 2.36. The molecule has 0 saturated carbocycles. The molecule has 0 bridgehead atoms. The standard InChI is InChI=1S/C10H14N2O5S/c13-8(14)3-6-4-17-2-1-12(6)9(15)7-5-18-10(16)11-7/h6-7H,1-5H2,(H,11,16)(H,13,14). The maximum Gasteiger partial charge on any atom is 0.305 e. The van der Waals surface area contributed by atoms with Gasteiger partial charge in [-0.2, -0.15) is 0 Å². The molecular formula is C10H14N2O5S. The monoisotopic (exact) mass is 274 g/mol. The minimum atomic E-state index is -0.965. The zero-order valence-electron chi connectivity index (χ0n) is 9.63. The Kier molecular flexibility index (Phi) is 4.07. The highest BCUT2D eigenvalue weighted by Crippen LogP contribution is 2.18. The van der Waals surface area contributed by atoms with Crippen LogP contribution in [0.15, 0.2) is 0 Å². The Morgan fingerprint density at radius 1 is 1.56 bits per heavy atom. The molecule has 2 saturated heterocycles. The van der Waals surface area contributed by atoms with Crippen LogP contribution in [0.5, 0.6) is 0 Å². The lowest BCUT2D eigenvalue weighted by atomic mass is 10.1. The summed E-state index contributed by atoms with van der Waals surface area (Å²) in [6, 6.07) is -0.997. The van der Waals surface area contributed by atoms with E-state index < -0.39 is 18.1 Å². The second-order valence-electron chi connectivity index (χ2n) is 4.15. The number of nitrogens with one attached hydrogen (secondary N) is 1. The minimum absolute atomic E-state index is 0.139. The molecule has 2 unspecified atom stereocenters. The number of nitrogens with zero attached hydrogens (tertiary/aromatic N) is 1. The summed E-state index contributed by atoms with van der Waals surface area (Å²) in [7, 11) is 0. The van der Waals surface area contributed by atoms with Crippen LogP contribution in [0.4, 0.5) is 4.79 Å². The molecule has 18 heavy (non-hydrogen) atoms. The lowest BCUT2D eigenvalue weighted by molar-refractivity contribution is -0.147. The molecule has 0 radical (unpaired) electrons. The number of carbonyl (C=O) groups is 3. The van der Waals surface area contributed by atoms with Gasteiger partial charge in [-0.3, -0.25) is 14.4 Å². The van der Waals surface area contributed by atoms with E-state index in [1.807, 2.05) is 0 Å². The van der Waals surface area contributed by atoms with Gasteiger partial charge in [-0.05, 0) is 0 Å². The molecule has 2 fully saturated rings. The van der Waals surface area contributed by atoms with Crippen LogP contribution in [0, 0.1) is 0 Å². The lowest BCUT2D eigenvalue weighted by Gasteiger charge is -2.36. The first kappa shape index (κ1) is 13.2. The second kappa shape index (κ2) is 5.57. The second-order valence-corrected chi connectivity index (χ2v) is 5.15. The predicted molar refractivity (Wildman–Crippen MR) is 63.4 cm³/mol. The molecule has 100 valence electrons. The number of carboxylic acids is 1. The van der Waals surface area contributed by atoms with Crippen molar-refractivity contribution in [1.82, 2.24) is 10.2 Å². The van der Waals surface area contributed by atoms with Crippen LogP contribution in [0.25, 0.3) is 0 Å². The van der Waals surface area contributed by atoms with Gasteiger partial charge in [0.05, 0.1) is 25.7 Å². The van der Waals surface area contributed by atoms with Gasteiger partial charge in [-0.1, -0.05) is 11.8 Å². The number of aliphatic carboxylic acids is 1. The zero-order chi connectivity index (χ0) is 13.1. The van der Waals surface area contributed by atoms with Crippen molar-refractivity contribution >= 4 is 28.9 Å². The number of amides is 2. The molecule has 8 heteroatoms. The molecule has 7 nitrogen and oxygen atoms in total. The summed E-state index contributed by atoms with van der Waals surface area (Å²) in [4.78, 5) is 35.5. The Morgan fingerprint density at radius 2 is 2.33 bits per heavy atom. The van der Waals surface area contributed by atoms with Crippen LogP contribution in [0.2, 0.25) is 0 Å². The zero-order valence-corrected chi connectivity index (χ0v) is 10.4. The molecule has 0 aliphatic carbocycles. The quantitative estimate of drug-likeness (QED) is 0.721. The van der Waals surface area contributed by atoms with Crippen LogP contribution in [-0.4, -0.2) is 64.7 Å². The van der Waals surface area contributed by atoms with E-state index in [0.29, 0.717) is 18.9 Å². The summed E-state index contributed by atoms with van der Waals surface area (Å²) in [6.07, 6.45) is -0.139. The topological polar surface area (TPSA) is 95.9 Å². The van der Waals surface area contributed by atoms with Gasteiger partial charge in [0.25, 0.3) is 5.24 Å². The van der Waals surface area contributed by atoms with Gasteiger partial charge in [0.1, 0.15) is 6.04 Å². The number of carbonyl (C=O) groups excluding carboxylic acids is 2. The maximum atomic E-state index is 12.2. The molecule has 2 heterocycles. The van der Waals surface area contributed by atoms with E-state index >= 15 is 0 Å². The van der Waals surface area contributed by atoms with Crippen molar-refractivity contribution in [3.63, 3.8) is 0 Å². The van der Waals surface area contributed by atoms with E-state index in [9.17, 15) is 14.4 Å². The van der Waals surface area contributed by atoms with Gasteiger partial charge in [-0.25, -0.2) is 0 Å². The van der Waals surface area contributed by atoms with E-state index in [2.05, 4.69) is 5.32 Å². The molecule has 2 aliphatic rings. The highest BCUT2D eigenvalue weighted by molar-refractivity contribution is 8.14. The fourth-order valence-electron chi connectivity index (χ4n) is 2.03. The van der Waals surface area contributed by atoms with Gasteiger partial charge in [0.15, 0.2) is 0 Å². The Labute approximate surface area is 108 Å². The van der Waals surface area contributed by atoms with Gasteiger partial charge >= 0.3 is 5.97 Å². The largest absolute Gasteiger partial charge is 0.481 e. The first-order chi connectivity index (χ1) is 8.58. The van der Waals surface area contributed by atoms with Gasteiger partial charge in [-0.15, -0.1) is 0 Å². The van der Waals surface area contributed by atoms with Crippen molar-refractivity contribution in [2.45, 2.75) is 18.5 Å². The van der Waals surface area contributed by atoms with Crippen molar-refractivity contribution < 1.29 is 24.2 Å². The minimum Gasteiger partial charge on any atom is -0.481 e. The predicted octanol–water partition coefficient (Wildman–Crippen LogP) is -0.487. The molecule has 2 atom stereocenters. The summed E-state index contributed by atoms with van der Waals surface area (Å²) in [5.41, 5.74) is 0. The van der Waals surface area contributed by atoms with Crippen LogP contribution in [-0.2, 0) is 14.3 Å². The number of hydrogen-bond acceptors (Lipinski definition) is 5. The number of hydrogen-bond donors (Lipinski definition) is 2. The van der Waals surface area contributed by atoms with E-state index in [1.54, 1.807) is 0 Å². The number of rotatable bonds is 3. The molecule has 0 aromatic carbocycles. The van der Waals surface area contributed by atoms with Crippen LogP contribution in [0.3, 0.4) is 0 Å². The van der Waals surface area contributed by atoms with Crippen LogP contribution < -0.4 is 5.32 Å². The Balaban J connectivity index is 2.01. The van der Waals surface area contributed by atoms with Crippen molar-refractivity contribution in [2.75, 3.05) is 25.5 Å². The number of carboxylic acid groups (broad SMARTS) is 1. The molecule has 0 spiro atoms. The molecule has 0 aromatic heterocycles. The van der Waals surface area contributed by atoms with E-state index in [-0.39, 0.29) is 24.2 Å². The lowest BCUT2D eigenvalue weighted by Crippen LogP contribution is -2.55. The molecular weight excluding hydrogens is 260 g/mol. The highest BCUT2D eigenvalue weighted by atomic mass is 32.2. The molecule has 0 aromatic rings. The third-order valence-corrected chi connectivity index (χ3v) is 3.77. The van der Waals surface area contributed by atoms with Gasteiger partial charge in [0, 0.05) is 12.3 Å². The number of morpholine rings is 1. The van der Waals surface area contributed by atoms with Crippen LogP contribution >= 0.6 is 11.8 Å². The normalized spacial score (nSPS) is 28.0. The fraction of sp³-hybridized carbons (Fsp3) is 0.700. The van der Waals surface area contributed by atoms with E-state index in [4.69, 9.17) is 9.84 Å². The van der Waals surface area contributed by atoms with E-state index in [1.165, 1.54) is 4.90 Å². The molecule has 2 rings (SSSR count). The third-order valence-electron chi connectivity index (χ3n) is 2.89. The Bertz CT molecular complexity index is 375. The number of thioether (sulfide) groups is 1. The Morgan fingerprint density at radius 3 is 2.94 bits per heavy atom. The fourth-order valence-corrected chi connectivity index (χ4v) is 2.80. The average molecular weight is 274 g/mol. The summed E-state index contributed by atoms with van der Waals surface area (Å²) in [5.74, 6) is -0.787. The number of ether oxygens (including phenoxy) is 1. The summed E-state index contributed by atoms with van der Waals surface area (Å²) < 4.78 is 5.20. The maximum absolute atomic E-state index is 12.2. The summed E-state index contributed by atoms with van der Waals surface area (Å²) in [5, 5.41) is 11.2. The average Bonchev–Trinajstić information content (AvgIpc) is 2.75. The van der Waals surface area contributed by atoms with Crippen molar-refractivity contribution in [3.8, 4) is 0 Å². The van der Waals surface area contributed by atoms with Gasteiger partial charge < -0.3 is 20.1 Å². The van der Waals surface area contributed by atoms with Crippen molar-refractivity contribution in [3.05, 3.63) is 0 Å². The van der Waals surface area contributed by atoms with Gasteiger partial charge in [0.2, 0.25) is 5.91 Å². The first-order valence-electron chi connectivity index (χ1n) is 5.61. The SMILES string of the molecule is O=C(O)CC1COCCN1C(=O)C1CSC(=O)N1. The molecule has 2 N–H and O–H groups in total. The smallest absolute Gasteiger partial charge is 0.305 e.